The lowest BCUT2D eigenvalue weighted by Crippen LogP contribution is -2.37. The lowest BCUT2D eigenvalue weighted by molar-refractivity contribution is 0.128. The van der Waals surface area contributed by atoms with Crippen LogP contribution in [0.25, 0.3) is 0 Å². The topological polar surface area (TPSA) is 50.3 Å². The summed E-state index contributed by atoms with van der Waals surface area (Å²) in [5.41, 5.74) is 0. The molecule has 1 atom stereocenters. The molecule has 0 saturated carbocycles. The maximum absolute atomic E-state index is 5.47. The van der Waals surface area contributed by atoms with Crippen molar-refractivity contribution in [1.29, 1.82) is 0 Å². The van der Waals surface area contributed by atoms with Crippen molar-refractivity contribution in [2.24, 2.45) is 0 Å². The summed E-state index contributed by atoms with van der Waals surface area (Å²) in [4.78, 5) is 11.6. The molecular weight excluding hydrogens is 284 g/mol. The Bertz CT molecular complexity index is 417. The first kappa shape index (κ1) is 16.4. The number of aromatic nitrogens is 2. The van der Waals surface area contributed by atoms with Crippen LogP contribution in [-0.4, -0.2) is 47.2 Å². The molecule has 0 radical (unpaired) electrons. The molecule has 1 aliphatic rings. The lowest BCUT2D eigenvalue weighted by Gasteiger charge is -2.31. The first-order valence-corrected chi connectivity index (χ1v) is 8.84. The average molecular weight is 310 g/mol. The highest BCUT2D eigenvalue weighted by molar-refractivity contribution is 8.00. The van der Waals surface area contributed by atoms with E-state index >= 15 is 0 Å². The van der Waals surface area contributed by atoms with E-state index in [-0.39, 0.29) is 0 Å². The largest absolute Gasteiger partial charge is 0.374 e. The maximum atomic E-state index is 5.47. The van der Waals surface area contributed by atoms with Crippen molar-refractivity contribution in [1.82, 2.24) is 9.97 Å². The molecule has 118 valence electrons. The Morgan fingerprint density at radius 3 is 3.00 bits per heavy atom. The van der Waals surface area contributed by atoms with E-state index in [0.29, 0.717) is 18.5 Å². The van der Waals surface area contributed by atoms with Gasteiger partial charge in [-0.3, -0.25) is 0 Å². The third kappa shape index (κ3) is 5.04. The Balaban J connectivity index is 2.16. The maximum Gasteiger partial charge on any atom is 0.158 e. The van der Waals surface area contributed by atoms with Gasteiger partial charge in [-0.2, -0.15) is 11.8 Å². The van der Waals surface area contributed by atoms with Gasteiger partial charge in [-0.1, -0.05) is 13.8 Å². The number of ether oxygens (including phenoxy) is 1. The van der Waals surface area contributed by atoms with Crippen LogP contribution in [0, 0.1) is 0 Å². The quantitative estimate of drug-likeness (QED) is 0.836. The molecular formula is C15H26N4OS. The van der Waals surface area contributed by atoms with Crippen molar-refractivity contribution in [3.63, 3.8) is 0 Å². The van der Waals surface area contributed by atoms with Gasteiger partial charge in [0.15, 0.2) is 5.82 Å². The van der Waals surface area contributed by atoms with Crippen molar-refractivity contribution in [2.75, 3.05) is 42.2 Å². The third-order valence-corrected chi connectivity index (χ3v) is 4.45. The van der Waals surface area contributed by atoms with Gasteiger partial charge >= 0.3 is 0 Å². The summed E-state index contributed by atoms with van der Waals surface area (Å²) in [5, 5.41) is 4.01. The van der Waals surface area contributed by atoms with E-state index in [1.165, 1.54) is 0 Å². The number of hydrogen-bond donors (Lipinski definition) is 1. The second kappa shape index (κ2) is 8.44. The highest BCUT2D eigenvalue weighted by Gasteiger charge is 2.19. The Morgan fingerprint density at radius 1 is 1.43 bits per heavy atom. The Hall–Kier alpha value is -1.01. The normalized spacial score (nSPS) is 18.8. The van der Waals surface area contributed by atoms with Crippen LogP contribution in [0.2, 0.25) is 0 Å². The Labute approximate surface area is 131 Å². The van der Waals surface area contributed by atoms with E-state index < -0.39 is 0 Å². The molecule has 6 heteroatoms. The Kier molecular flexibility index (Phi) is 6.57. The number of nitrogens with zero attached hydrogens (tertiary/aromatic N) is 3. The minimum absolute atomic E-state index is 0.475. The van der Waals surface area contributed by atoms with Crippen LogP contribution < -0.4 is 10.2 Å². The number of rotatable bonds is 7. The highest BCUT2D eigenvalue weighted by Crippen LogP contribution is 2.24. The van der Waals surface area contributed by atoms with Crippen molar-refractivity contribution < 1.29 is 4.74 Å². The minimum Gasteiger partial charge on any atom is -0.374 e. The molecule has 1 saturated heterocycles. The fourth-order valence-electron chi connectivity index (χ4n) is 2.27. The van der Waals surface area contributed by atoms with E-state index in [4.69, 9.17) is 4.74 Å². The van der Waals surface area contributed by atoms with Gasteiger partial charge in [-0.05, 0) is 13.3 Å². The predicted octanol–water partition coefficient (Wildman–Crippen LogP) is 2.78. The molecule has 2 rings (SSSR count). The summed E-state index contributed by atoms with van der Waals surface area (Å²) >= 11 is 2.03. The minimum atomic E-state index is 0.475. The van der Waals surface area contributed by atoms with Gasteiger partial charge in [0.05, 0.1) is 0 Å². The zero-order valence-electron chi connectivity index (χ0n) is 13.3. The summed E-state index contributed by atoms with van der Waals surface area (Å²) in [6, 6.07) is 2.06. The lowest BCUT2D eigenvalue weighted by atomic mass is 10.3. The van der Waals surface area contributed by atoms with Crippen molar-refractivity contribution >= 4 is 23.4 Å². The monoisotopic (exact) mass is 310 g/mol. The first-order valence-electron chi connectivity index (χ1n) is 7.79. The van der Waals surface area contributed by atoms with Gasteiger partial charge < -0.3 is 15.0 Å². The molecule has 1 unspecified atom stereocenters. The Morgan fingerprint density at radius 2 is 2.29 bits per heavy atom. The van der Waals surface area contributed by atoms with Gasteiger partial charge in [0.1, 0.15) is 18.2 Å². The van der Waals surface area contributed by atoms with E-state index in [1.807, 2.05) is 18.7 Å². The first-order chi connectivity index (χ1) is 10.2. The molecule has 21 heavy (non-hydrogen) atoms. The van der Waals surface area contributed by atoms with Gasteiger partial charge in [0.25, 0.3) is 0 Å². The zero-order chi connectivity index (χ0) is 15.1. The number of thioether (sulfide) groups is 1. The second-order valence-electron chi connectivity index (χ2n) is 5.22. The molecule has 5 nitrogen and oxygen atoms in total. The molecule has 0 bridgehead atoms. The number of nitrogens with one attached hydrogen (secondary N) is 1. The molecule has 1 aliphatic heterocycles. The summed E-state index contributed by atoms with van der Waals surface area (Å²) in [7, 11) is 0. The number of hydrogen-bond acceptors (Lipinski definition) is 6. The fraction of sp³-hybridized carbons (Fsp3) is 0.733. The highest BCUT2D eigenvalue weighted by atomic mass is 32.2. The van der Waals surface area contributed by atoms with Gasteiger partial charge in [-0.15, -0.1) is 0 Å². The van der Waals surface area contributed by atoms with Crippen molar-refractivity contribution in [3.05, 3.63) is 11.9 Å². The van der Waals surface area contributed by atoms with Crippen LogP contribution in [0.5, 0.6) is 0 Å². The molecule has 2 heterocycles. The average Bonchev–Trinajstić information content (AvgIpc) is 2.50. The van der Waals surface area contributed by atoms with E-state index in [9.17, 15) is 0 Å². The summed E-state index contributed by atoms with van der Waals surface area (Å²) in [5.74, 6) is 3.84. The predicted molar refractivity (Wildman–Crippen MR) is 90.3 cm³/mol. The van der Waals surface area contributed by atoms with Crippen LogP contribution in [0.1, 0.15) is 33.0 Å². The van der Waals surface area contributed by atoms with E-state index in [2.05, 4.69) is 40.1 Å². The SMILES string of the molecule is CCCNc1cc(N2CCSC(C)C2)nc(COCC)n1. The molecule has 1 N–H and O–H groups in total. The molecule has 0 spiro atoms. The van der Waals surface area contributed by atoms with E-state index in [0.717, 1.165) is 49.3 Å². The molecule has 1 aromatic heterocycles. The van der Waals surface area contributed by atoms with Gasteiger partial charge in [0, 0.05) is 43.3 Å². The fourth-order valence-corrected chi connectivity index (χ4v) is 3.29. The summed E-state index contributed by atoms with van der Waals surface area (Å²) in [6.45, 7) is 10.6. The van der Waals surface area contributed by atoms with Gasteiger partial charge in [0.2, 0.25) is 0 Å². The second-order valence-corrected chi connectivity index (χ2v) is 6.77. The molecule has 1 aromatic rings. The molecule has 0 amide bonds. The van der Waals surface area contributed by atoms with Crippen LogP contribution in [0.4, 0.5) is 11.6 Å². The summed E-state index contributed by atoms with van der Waals surface area (Å²) < 4.78 is 5.47. The third-order valence-electron chi connectivity index (χ3n) is 3.32. The van der Waals surface area contributed by atoms with Crippen LogP contribution in [-0.2, 0) is 11.3 Å². The molecule has 0 aliphatic carbocycles. The summed E-state index contributed by atoms with van der Waals surface area (Å²) in [6.07, 6.45) is 1.08. The van der Waals surface area contributed by atoms with Crippen LogP contribution >= 0.6 is 11.8 Å². The molecule has 1 fully saturated rings. The van der Waals surface area contributed by atoms with Gasteiger partial charge in [-0.25, -0.2) is 9.97 Å². The van der Waals surface area contributed by atoms with Crippen molar-refractivity contribution in [2.45, 2.75) is 39.0 Å². The van der Waals surface area contributed by atoms with E-state index in [1.54, 1.807) is 0 Å². The van der Waals surface area contributed by atoms with Crippen LogP contribution in [0.3, 0.4) is 0 Å². The molecule has 0 aromatic carbocycles. The zero-order valence-corrected chi connectivity index (χ0v) is 14.1. The van der Waals surface area contributed by atoms with Crippen molar-refractivity contribution in [3.8, 4) is 0 Å². The number of anilines is 2. The smallest absolute Gasteiger partial charge is 0.158 e. The van der Waals surface area contributed by atoms with Crippen LogP contribution in [0.15, 0.2) is 6.07 Å². The standard InChI is InChI=1S/C15H26N4OS/c1-4-6-16-13-9-15(18-14(17-13)11-20-5-2)19-7-8-21-12(3)10-19/h9,12H,4-8,10-11H2,1-3H3,(H,16,17,18).